The minimum absolute atomic E-state index is 0.0395. The second-order valence-corrected chi connectivity index (χ2v) is 18.4. The standard InChI is InChI=1S/C51H80F2N5O3/c1-6-9-12-15-18-21-32-58(33-22-19-16-13-10-7-2,34-23-20-17-14-11-8-3)39-61-50(59)41-24-27-44(28-25-41)51(5,60)46-29-26-43(38-55-46)45-35-40(4)36-48(56-45)57-47-37-42(49(52)53)30-31-54-47/h26,29-31,35-38,41,44,49,60H,6-25,27-28,32-34,39H2,1-5H3,(H,54,56,57)/q+1/t41-,44-,51-/m1/s1. The molecule has 8 nitrogen and oxygen atoms in total. The summed E-state index contributed by atoms with van der Waals surface area (Å²) in [6.45, 7) is 14.4. The van der Waals surface area contributed by atoms with E-state index in [4.69, 9.17) is 14.7 Å². The number of anilines is 2. The molecule has 0 unspecified atom stereocenters. The maximum absolute atomic E-state index is 13.8. The van der Waals surface area contributed by atoms with E-state index in [0.717, 1.165) is 48.1 Å². The molecule has 1 atom stereocenters. The molecule has 0 aliphatic heterocycles. The molecular formula is C51H80F2N5O3+. The van der Waals surface area contributed by atoms with Crippen LogP contribution < -0.4 is 5.32 Å². The minimum atomic E-state index is -2.59. The van der Waals surface area contributed by atoms with E-state index < -0.39 is 12.0 Å². The van der Waals surface area contributed by atoms with Crippen molar-refractivity contribution in [3.63, 3.8) is 0 Å². The Hall–Kier alpha value is -3.50. The summed E-state index contributed by atoms with van der Waals surface area (Å²) in [7, 11) is 0. The molecule has 0 saturated heterocycles. The van der Waals surface area contributed by atoms with E-state index in [1.807, 2.05) is 38.1 Å². The molecule has 340 valence electrons. The number of pyridine rings is 3. The Kier molecular flexibility index (Phi) is 22.1. The molecule has 10 heteroatoms. The zero-order chi connectivity index (χ0) is 43.9. The van der Waals surface area contributed by atoms with Gasteiger partial charge >= 0.3 is 5.97 Å². The molecule has 0 aromatic carbocycles. The maximum Gasteiger partial charge on any atom is 0.313 e. The van der Waals surface area contributed by atoms with E-state index in [0.29, 0.717) is 36.8 Å². The van der Waals surface area contributed by atoms with Crippen molar-refractivity contribution in [3.05, 3.63) is 65.6 Å². The van der Waals surface area contributed by atoms with Crippen molar-refractivity contribution < 1.29 is 27.9 Å². The third kappa shape index (κ3) is 17.0. The summed E-state index contributed by atoms with van der Waals surface area (Å²) < 4.78 is 33.8. The molecule has 61 heavy (non-hydrogen) atoms. The van der Waals surface area contributed by atoms with Crippen LogP contribution in [0.2, 0.25) is 0 Å². The van der Waals surface area contributed by atoms with Crippen LogP contribution in [0.5, 0.6) is 0 Å². The third-order valence-corrected chi connectivity index (χ3v) is 13.1. The van der Waals surface area contributed by atoms with Crippen LogP contribution in [-0.2, 0) is 15.1 Å². The fraction of sp³-hybridized carbons (Fsp3) is 0.686. The third-order valence-electron chi connectivity index (χ3n) is 13.1. The molecule has 0 radical (unpaired) electrons. The summed E-state index contributed by atoms with van der Waals surface area (Å²) in [6, 6.07) is 10.1. The summed E-state index contributed by atoms with van der Waals surface area (Å²) >= 11 is 0. The highest BCUT2D eigenvalue weighted by molar-refractivity contribution is 5.72. The average Bonchev–Trinajstić information content (AvgIpc) is 3.26. The fourth-order valence-corrected chi connectivity index (χ4v) is 9.14. The lowest BCUT2D eigenvalue weighted by Crippen LogP contribution is -2.52. The first-order valence-electron chi connectivity index (χ1n) is 24.2. The number of rotatable bonds is 30. The number of nitrogens with one attached hydrogen (secondary N) is 1. The Morgan fingerprint density at radius 1 is 0.770 bits per heavy atom. The number of hydrogen-bond acceptors (Lipinski definition) is 7. The summed E-state index contributed by atoms with van der Waals surface area (Å²) in [5, 5.41) is 15.0. The van der Waals surface area contributed by atoms with Crippen molar-refractivity contribution in [1.29, 1.82) is 0 Å². The number of aryl methyl sites for hydroxylation is 1. The van der Waals surface area contributed by atoms with Crippen molar-refractivity contribution in [2.75, 3.05) is 31.7 Å². The van der Waals surface area contributed by atoms with Gasteiger partial charge in [-0.05, 0) is 126 Å². The van der Waals surface area contributed by atoms with E-state index in [1.165, 1.54) is 134 Å². The normalized spacial score (nSPS) is 16.7. The molecule has 1 saturated carbocycles. The number of ether oxygens (including phenoxy) is 1. The summed E-state index contributed by atoms with van der Waals surface area (Å²) in [5.74, 6) is 0.524. The van der Waals surface area contributed by atoms with Crippen LogP contribution in [0.4, 0.5) is 20.4 Å². The Morgan fingerprint density at radius 2 is 1.33 bits per heavy atom. The van der Waals surface area contributed by atoms with Gasteiger partial charge in [-0.25, -0.2) is 18.7 Å². The number of nitrogens with zero attached hydrogens (tertiary/aromatic N) is 4. The van der Waals surface area contributed by atoms with Gasteiger partial charge in [0.15, 0.2) is 0 Å². The molecule has 1 aliphatic rings. The van der Waals surface area contributed by atoms with Gasteiger partial charge in [-0.15, -0.1) is 0 Å². The number of aliphatic hydroxyl groups is 1. The Bertz CT molecular complexity index is 1640. The van der Waals surface area contributed by atoms with Gasteiger partial charge in [0.1, 0.15) is 17.2 Å². The number of esters is 1. The van der Waals surface area contributed by atoms with E-state index in [-0.39, 0.29) is 29.2 Å². The molecule has 1 aliphatic carbocycles. The SMILES string of the molecule is CCCCCCCC[N+](CCCCCCCC)(CCCCCCCC)COC(=O)[C@H]1CC[C@H]([C@@](C)(O)c2ccc(-c3cc(C)cc(Nc4cc(C(F)F)ccn4)n3)cn2)CC1. The first-order chi connectivity index (χ1) is 29.5. The monoisotopic (exact) mass is 849 g/mol. The lowest BCUT2D eigenvalue weighted by atomic mass is 9.73. The maximum atomic E-state index is 13.8. The van der Waals surface area contributed by atoms with Crippen LogP contribution in [0.15, 0.2) is 48.8 Å². The number of unbranched alkanes of at least 4 members (excludes halogenated alkanes) is 15. The van der Waals surface area contributed by atoms with Gasteiger partial charge in [0, 0.05) is 23.5 Å². The smallest absolute Gasteiger partial charge is 0.313 e. The molecular weight excluding hydrogens is 769 g/mol. The Balaban J connectivity index is 1.36. The Morgan fingerprint density at radius 3 is 1.85 bits per heavy atom. The van der Waals surface area contributed by atoms with Crippen LogP contribution >= 0.6 is 0 Å². The van der Waals surface area contributed by atoms with Crippen molar-refractivity contribution >= 4 is 17.6 Å². The van der Waals surface area contributed by atoms with Crippen LogP contribution in [0.3, 0.4) is 0 Å². The Labute approximate surface area is 367 Å². The van der Waals surface area contributed by atoms with Crippen molar-refractivity contribution in [2.24, 2.45) is 11.8 Å². The van der Waals surface area contributed by atoms with Crippen molar-refractivity contribution in [1.82, 2.24) is 15.0 Å². The topological polar surface area (TPSA) is 97.2 Å². The number of aromatic nitrogens is 3. The van der Waals surface area contributed by atoms with Gasteiger partial charge in [0.25, 0.3) is 6.43 Å². The lowest BCUT2D eigenvalue weighted by Gasteiger charge is -2.39. The lowest BCUT2D eigenvalue weighted by molar-refractivity contribution is -0.944. The average molecular weight is 849 g/mol. The molecule has 3 heterocycles. The van der Waals surface area contributed by atoms with Crippen LogP contribution in [0.1, 0.15) is 192 Å². The van der Waals surface area contributed by atoms with E-state index >= 15 is 0 Å². The van der Waals surface area contributed by atoms with Crippen LogP contribution in [0.25, 0.3) is 11.3 Å². The first-order valence-corrected chi connectivity index (χ1v) is 24.2. The second kappa shape index (κ2) is 26.9. The molecule has 0 spiro atoms. The second-order valence-electron chi connectivity index (χ2n) is 18.4. The summed E-state index contributed by atoms with van der Waals surface area (Å²) in [4.78, 5) is 27.4. The molecule has 0 bridgehead atoms. The number of alkyl halides is 2. The molecule has 0 amide bonds. The van der Waals surface area contributed by atoms with Gasteiger partial charge in [-0.1, -0.05) is 97.8 Å². The van der Waals surface area contributed by atoms with Gasteiger partial charge in [0.2, 0.25) is 6.73 Å². The number of hydrogen-bond donors (Lipinski definition) is 2. The highest BCUT2D eigenvalue weighted by Crippen LogP contribution is 2.41. The molecule has 2 N–H and O–H groups in total. The largest absolute Gasteiger partial charge is 0.415 e. The molecule has 3 aromatic rings. The minimum Gasteiger partial charge on any atom is -0.415 e. The van der Waals surface area contributed by atoms with Crippen LogP contribution in [-0.4, -0.2) is 56.9 Å². The zero-order valence-electron chi connectivity index (χ0n) is 38.5. The molecule has 1 fully saturated rings. The predicted octanol–water partition coefficient (Wildman–Crippen LogP) is 13.9. The highest BCUT2D eigenvalue weighted by Gasteiger charge is 2.40. The summed E-state index contributed by atoms with van der Waals surface area (Å²) in [5.41, 5.74) is 1.67. The quantitative estimate of drug-likeness (QED) is 0.0298. The van der Waals surface area contributed by atoms with Crippen molar-refractivity contribution in [2.45, 2.75) is 188 Å². The summed E-state index contributed by atoms with van der Waals surface area (Å²) in [6.07, 6.45) is 26.2. The van der Waals surface area contributed by atoms with Gasteiger partial charge in [-0.2, -0.15) is 0 Å². The van der Waals surface area contributed by atoms with Crippen molar-refractivity contribution in [3.8, 4) is 11.3 Å². The molecule has 4 rings (SSSR count). The number of carbonyl (C=O) groups is 1. The van der Waals surface area contributed by atoms with E-state index in [9.17, 15) is 18.7 Å². The van der Waals surface area contributed by atoms with Gasteiger partial charge < -0.3 is 15.2 Å². The van der Waals surface area contributed by atoms with Crippen LogP contribution in [0, 0.1) is 18.8 Å². The van der Waals surface area contributed by atoms with E-state index in [1.54, 1.807) is 6.20 Å². The fourth-order valence-electron chi connectivity index (χ4n) is 9.14. The predicted molar refractivity (Wildman–Crippen MR) is 246 cm³/mol. The highest BCUT2D eigenvalue weighted by atomic mass is 19.3. The first kappa shape index (κ1) is 50.1. The molecule has 3 aromatic heterocycles. The van der Waals surface area contributed by atoms with Gasteiger partial charge in [-0.3, -0.25) is 14.3 Å². The zero-order valence-corrected chi connectivity index (χ0v) is 38.5. The van der Waals surface area contributed by atoms with E-state index in [2.05, 4.69) is 31.1 Å². The number of quaternary nitrogens is 1. The van der Waals surface area contributed by atoms with Gasteiger partial charge in [0.05, 0.1) is 36.9 Å². The number of carbonyl (C=O) groups excluding carboxylic acids is 1. The number of halogens is 2.